The van der Waals surface area contributed by atoms with Crippen molar-refractivity contribution in [1.29, 1.82) is 0 Å². The van der Waals surface area contributed by atoms with Crippen molar-refractivity contribution in [2.45, 2.75) is 33.6 Å². The number of ketones is 1. The minimum absolute atomic E-state index is 0.0572. The summed E-state index contributed by atoms with van der Waals surface area (Å²) in [5.74, 6) is -1.59. The van der Waals surface area contributed by atoms with E-state index in [1.54, 1.807) is 6.07 Å². The van der Waals surface area contributed by atoms with Gasteiger partial charge < -0.3 is 4.79 Å². The minimum atomic E-state index is -0.837. The Hall–Kier alpha value is -1.25. The largest absolute Gasteiger partial charge is 0.300 e. The number of benzene rings is 1. The first-order valence-corrected chi connectivity index (χ1v) is 5.24. The van der Waals surface area contributed by atoms with E-state index in [9.17, 15) is 13.6 Å². The summed E-state index contributed by atoms with van der Waals surface area (Å²) in [5.41, 5.74) is -0.0215. The molecule has 1 aromatic carbocycles. The zero-order valence-electron chi connectivity index (χ0n) is 9.81. The second kappa shape index (κ2) is 4.73. The lowest BCUT2D eigenvalue weighted by molar-refractivity contribution is -0.118. The van der Waals surface area contributed by atoms with Crippen molar-refractivity contribution in [1.82, 2.24) is 0 Å². The molecule has 0 aliphatic heterocycles. The Bertz CT molecular complexity index is 397. The average molecular weight is 226 g/mol. The summed E-state index contributed by atoms with van der Waals surface area (Å²) in [6.45, 7) is 5.25. The number of hydrogen-bond acceptors (Lipinski definition) is 1. The van der Waals surface area contributed by atoms with Crippen molar-refractivity contribution in [2.24, 2.45) is 5.41 Å². The number of hydrogen-bond donors (Lipinski definition) is 0. The van der Waals surface area contributed by atoms with E-state index < -0.39 is 11.6 Å². The predicted molar refractivity (Wildman–Crippen MR) is 59.1 cm³/mol. The summed E-state index contributed by atoms with van der Waals surface area (Å²) in [6, 6.07) is 4.13. The Balaban J connectivity index is 2.87. The van der Waals surface area contributed by atoms with Crippen molar-refractivity contribution in [3.63, 3.8) is 0 Å². The molecule has 0 fully saturated rings. The molecule has 0 saturated heterocycles. The van der Waals surface area contributed by atoms with Crippen LogP contribution in [0.4, 0.5) is 8.78 Å². The first-order valence-electron chi connectivity index (χ1n) is 5.24. The molecule has 16 heavy (non-hydrogen) atoms. The first kappa shape index (κ1) is 12.8. The molecule has 0 aliphatic rings. The maximum atomic E-state index is 13.4. The summed E-state index contributed by atoms with van der Waals surface area (Å²) in [5, 5.41) is 0. The quantitative estimate of drug-likeness (QED) is 0.767. The van der Waals surface area contributed by atoms with Gasteiger partial charge in [-0.05, 0) is 30.4 Å². The van der Waals surface area contributed by atoms with Crippen molar-refractivity contribution >= 4 is 5.78 Å². The third-order valence-electron chi connectivity index (χ3n) is 2.43. The summed E-state index contributed by atoms with van der Waals surface area (Å²) < 4.78 is 26.4. The molecule has 0 heterocycles. The van der Waals surface area contributed by atoms with Gasteiger partial charge in [0, 0.05) is 6.42 Å². The highest BCUT2D eigenvalue weighted by Gasteiger charge is 2.22. The van der Waals surface area contributed by atoms with Gasteiger partial charge in [0.15, 0.2) is 11.6 Å². The zero-order valence-corrected chi connectivity index (χ0v) is 9.81. The molecular formula is C13H16F2O. The maximum Gasteiger partial charge on any atom is 0.162 e. The van der Waals surface area contributed by atoms with Gasteiger partial charge >= 0.3 is 0 Å². The third-order valence-corrected chi connectivity index (χ3v) is 2.43. The molecule has 0 saturated carbocycles. The summed E-state index contributed by atoms with van der Waals surface area (Å²) in [7, 11) is 0. The minimum Gasteiger partial charge on any atom is -0.300 e. The molecule has 0 N–H and O–H groups in total. The molecule has 0 unspecified atom stereocenters. The Morgan fingerprint density at radius 3 is 2.50 bits per heavy atom. The van der Waals surface area contributed by atoms with E-state index in [4.69, 9.17) is 0 Å². The van der Waals surface area contributed by atoms with Crippen molar-refractivity contribution < 1.29 is 13.6 Å². The average Bonchev–Trinajstić information content (AvgIpc) is 2.10. The zero-order chi connectivity index (χ0) is 12.3. The van der Waals surface area contributed by atoms with E-state index >= 15 is 0 Å². The van der Waals surface area contributed by atoms with Gasteiger partial charge in [-0.15, -0.1) is 0 Å². The summed E-state index contributed by atoms with van der Waals surface area (Å²) in [4.78, 5) is 11.0. The van der Waals surface area contributed by atoms with Crippen LogP contribution in [0.5, 0.6) is 0 Å². The fraction of sp³-hybridized carbons (Fsp3) is 0.462. The number of carbonyl (C=O) groups is 1. The molecule has 3 heteroatoms. The Labute approximate surface area is 94.5 Å². The Morgan fingerprint density at radius 1 is 1.31 bits per heavy atom. The lowest BCUT2D eigenvalue weighted by Crippen LogP contribution is -2.19. The molecule has 88 valence electrons. The van der Waals surface area contributed by atoms with Crippen LogP contribution in [0.3, 0.4) is 0 Å². The first-order chi connectivity index (χ1) is 7.32. The number of carbonyl (C=O) groups excluding carboxylic acids is 1. The summed E-state index contributed by atoms with van der Waals surface area (Å²) in [6.07, 6.45) is 0.721. The van der Waals surface area contributed by atoms with Gasteiger partial charge in [0.25, 0.3) is 0 Å². The second-order valence-electron chi connectivity index (χ2n) is 4.93. The van der Waals surface area contributed by atoms with Crippen LogP contribution in [-0.2, 0) is 11.2 Å². The van der Waals surface area contributed by atoms with Crippen molar-refractivity contribution in [3.05, 3.63) is 35.4 Å². The standard InChI is InChI=1S/C13H16F2O/c1-9(16)7-13(2,3)8-10-5-4-6-11(14)12(10)15/h4-6H,7-8H2,1-3H3. The Morgan fingerprint density at radius 2 is 1.94 bits per heavy atom. The third kappa shape index (κ3) is 3.40. The fourth-order valence-corrected chi connectivity index (χ4v) is 1.94. The SMILES string of the molecule is CC(=O)CC(C)(C)Cc1cccc(F)c1F. The van der Waals surface area contributed by atoms with Crippen LogP contribution in [0.2, 0.25) is 0 Å². The molecule has 0 aliphatic carbocycles. The van der Waals surface area contributed by atoms with Crippen molar-refractivity contribution in [2.75, 3.05) is 0 Å². The summed E-state index contributed by atoms with van der Waals surface area (Å²) >= 11 is 0. The Kier molecular flexibility index (Phi) is 3.79. The molecular weight excluding hydrogens is 210 g/mol. The highest BCUT2D eigenvalue weighted by molar-refractivity contribution is 5.76. The van der Waals surface area contributed by atoms with Gasteiger partial charge in [-0.3, -0.25) is 0 Å². The van der Waals surface area contributed by atoms with Crippen LogP contribution in [0.15, 0.2) is 18.2 Å². The topological polar surface area (TPSA) is 17.1 Å². The van der Waals surface area contributed by atoms with Gasteiger partial charge in [0.05, 0.1) is 0 Å². The second-order valence-corrected chi connectivity index (χ2v) is 4.93. The van der Waals surface area contributed by atoms with Crippen LogP contribution in [0, 0.1) is 17.0 Å². The molecule has 0 amide bonds. The predicted octanol–water partition coefficient (Wildman–Crippen LogP) is 3.51. The van der Waals surface area contributed by atoms with Gasteiger partial charge in [0.1, 0.15) is 5.78 Å². The van der Waals surface area contributed by atoms with E-state index in [2.05, 4.69) is 0 Å². The van der Waals surface area contributed by atoms with Gasteiger partial charge in [-0.25, -0.2) is 8.78 Å². The highest BCUT2D eigenvalue weighted by atomic mass is 19.2. The van der Waals surface area contributed by atoms with E-state index in [1.165, 1.54) is 13.0 Å². The molecule has 0 atom stereocenters. The maximum absolute atomic E-state index is 13.4. The molecule has 1 nitrogen and oxygen atoms in total. The molecule has 0 radical (unpaired) electrons. The van der Waals surface area contributed by atoms with Gasteiger partial charge in [0.2, 0.25) is 0 Å². The molecule has 0 spiro atoms. The van der Waals surface area contributed by atoms with E-state index in [0.717, 1.165) is 6.07 Å². The number of rotatable bonds is 4. The van der Waals surface area contributed by atoms with Crippen molar-refractivity contribution in [3.8, 4) is 0 Å². The lowest BCUT2D eigenvalue weighted by Gasteiger charge is -2.23. The van der Waals surface area contributed by atoms with Crippen LogP contribution in [0.1, 0.15) is 32.8 Å². The fourth-order valence-electron chi connectivity index (χ4n) is 1.94. The molecule has 1 aromatic rings. The molecule has 0 aromatic heterocycles. The van der Waals surface area contributed by atoms with Crippen LogP contribution in [0.25, 0.3) is 0 Å². The van der Waals surface area contributed by atoms with E-state index in [-0.39, 0.29) is 11.2 Å². The van der Waals surface area contributed by atoms with Gasteiger partial charge in [-0.2, -0.15) is 0 Å². The molecule has 0 bridgehead atoms. The van der Waals surface area contributed by atoms with E-state index in [0.29, 0.717) is 18.4 Å². The smallest absolute Gasteiger partial charge is 0.162 e. The molecule has 1 rings (SSSR count). The monoisotopic (exact) mass is 226 g/mol. The van der Waals surface area contributed by atoms with Gasteiger partial charge in [-0.1, -0.05) is 26.0 Å². The number of Topliss-reactive ketones (excluding diaryl/α,β-unsaturated/α-hetero) is 1. The van der Waals surface area contributed by atoms with Crippen LogP contribution in [-0.4, -0.2) is 5.78 Å². The lowest BCUT2D eigenvalue weighted by atomic mass is 9.81. The van der Waals surface area contributed by atoms with E-state index in [1.807, 2.05) is 13.8 Å². The normalized spacial score (nSPS) is 11.6. The number of halogens is 2. The highest BCUT2D eigenvalue weighted by Crippen LogP contribution is 2.27. The van der Waals surface area contributed by atoms with Crippen LogP contribution < -0.4 is 0 Å². The van der Waals surface area contributed by atoms with Crippen LogP contribution >= 0.6 is 0 Å².